The summed E-state index contributed by atoms with van der Waals surface area (Å²) in [6.45, 7) is 0. The van der Waals surface area contributed by atoms with Crippen molar-refractivity contribution in [1.29, 1.82) is 0 Å². The van der Waals surface area contributed by atoms with Crippen LogP contribution in [0.5, 0.6) is 0 Å². The molecule has 0 spiro atoms. The lowest BCUT2D eigenvalue weighted by atomic mass is 10.0. The second-order valence-electron chi connectivity index (χ2n) is 4.61. The lowest BCUT2D eigenvalue weighted by Gasteiger charge is -2.03. The van der Waals surface area contributed by atoms with E-state index in [1.807, 2.05) is 0 Å². The zero-order valence-electron chi connectivity index (χ0n) is 10.5. The zero-order valence-corrected chi connectivity index (χ0v) is 10.5. The third-order valence-corrected chi connectivity index (χ3v) is 3.13. The van der Waals surface area contributed by atoms with Crippen molar-refractivity contribution in [3.05, 3.63) is 59.5 Å². The van der Waals surface area contributed by atoms with Crippen molar-refractivity contribution < 1.29 is 9.18 Å². The standard InChI is InChI=1S/C15H12FN3O/c16-9-1-2-14-12(5-9)13(7-19-14)15(20)8-3-10(17)6-11(18)4-8/h1-7,19H,17-18H2. The van der Waals surface area contributed by atoms with E-state index < -0.39 is 5.82 Å². The molecule has 20 heavy (non-hydrogen) atoms. The second kappa shape index (κ2) is 4.38. The maximum absolute atomic E-state index is 13.3. The normalized spacial score (nSPS) is 10.8. The number of aromatic nitrogens is 1. The quantitative estimate of drug-likeness (QED) is 0.494. The van der Waals surface area contributed by atoms with Crippen molar-refractivity contribution >= 4 is 28.1 Å². The molecule has 4 nitrogen and oxygen atoms in total. The fourth-order valence-corrected chi connectivity index (χ4v) is 2.24. The van der Waals surface area contributed by atoms with Crippen LogP contribution in [0, 0.1) is 5.82 Å². The Balaban J connectivity index is 2.15. The number of nitrogens with two attached hydrogens (primary N) is 2. The first-order chi connectivity index (χ1) is 9.54. The van der Waals surface area contributed by atoms with Crippen LogP contribution in [-0.4, -0.2) is 10.8 Å². The van der Waals surface area contributed by atoms with E-state index in [2.05, 4.69) is 4.98 Å². The summed E-state index contributed by atoms with van der Waals surface area (Å²) < 4.78 is 13.3. The minimum atomic E-state index is -0.391. The van der Waals surface area contributed by atoms with Crippen LogP contribution >= 0.6 is 0 Å². The molecule has 3 rings (SSSR count). The van der Waals surface area contributed by atoms with Crippen LogP contribution in [0.1, 0.15) is 15.9 Å². The number of benzene rings is 2. The van der Waals surface area contributed by atoms with Crippen LogP contribution in [-0.2, 0) is 0 Å². The molecule has 1 heterocycles. The summed E-state index contributed by atoms with van der Waals surface area (Å²) in [5.41, 5.74) is 13.7. The molecule has 0 atom stereocenters. The van der Waals surface area contributed by atoms with Crippen LogP contribution in [0.4, 0.5) is 15.8 Å². The highest BCUT2D eigenvalue weighted by molar-refractivity contribution is 6.16. The van der Waals surface area contributed by atoms with E-state index in [0.717, 1.165) is 0 Å². The van der Waals surface area contributed by atoms with Crippen molar-refractivity contribution in [2.24, 2.45) is 0 Å². The van der Waals surface area contributed by atoms with Crippen LogP contribution in [0.2, 0.25) is 0 Å². The topological polar surface area (TPSA) is 84.9 Å². The van der Waals surface area contributed by atoms with Gasteiger partial charge in [0.15, 0.2) is 5.78 Å². The number of H-pyrrole nitrogens is 1. The Hall–Kier alpha value is -2.82. The van der Waals surface area contributed by atoms with Gasteiger partial charge >= 0.3 is 0 Å². The molecule has 2 aromatic carbocycles. The average Bonchev–Trinajstić information content (AvgIpc) is 2.79. The summed E-state index contributed by atoms with van der Waals surface area (Å²) in [6, 6.07) is 8.94. The molecule has 0 amide bonds. The largest absolute Gasteiger partial charge is 0.399 e. The highest BCUT2D eigenvalue weighted by Crippen LogP contribution is 2.24. The van der Waals surface area contributed by atoms with E-state index in [0.29, 0.717) is 33.4 Å². The fraction of sp³-hybridized carbons (Fsp3) is 0. The third kappa shape index (κ3) is 1.99. The molecule has 0 aliphatic rings. The van der Waals surface area contributed by atoms with E-state index >= 15 is 0 Å². The summed E-state index contributed by atoms with van der Waals surface area (Å²) in [5, 5.41) is 0.538. The van der Waals surface area contributed by atoms with E-state index in [9.17, 15) is 9.18 Å². The summed E-state index contributed by atoms with van der Waals surface area (Å²) >= 11 is 0. The lowest BCUT2D eigenvalue weighted by Crippen LogP contribution is -2.03. The number of carbonyl (C=O) groups is 1. The molecule has 0 aliphatic carbocycles. The molecular weight excluding hydrogens is 257 g/mol. The minimum Gasteiger partial charge on any atom is -0.399 e. The number of ketones is 1. The molecule has 0 unspecified atom stereocenters. The van der Waals surface area contributed by atoms with Crippen LogP contribution in [0.15, 0.2) is 42.6 Å². The van der Waals surface area contributed by atoms with Gasteiger partial charge in [-0.1, -0.05) is 0 Å². The van der Waals surface area contributed by atoms with E-state index in [4.69, 9.17) is 11.5 Å². The van der Waals surface area contributed by atoms with Gasteiger partial charge in [-0.3, -0.25) is 4.79 Å². The van der Waals surface area contributed by atoms with E-state index in [1.165, 1.54) is 12.1 Å². The average molecular weight is 269 g/mol. The van der Waals surface area contributed by atoms with Gasteiger partial charge in [-0.15, -0.1) is 0 Å². The number of halogens is 1. The van der Waals surface area contributed by atoms with Gasteiger partial charge in [0.25, 0.3) is 0 Å². The van der Waals surface area contributed by atoms with Gasteiger partial charge in [-0.25, -0.2) is 4.39 Å². The first-order valence-corrected chi connectivity index (χ1v) is 6.02. The smallest absolute Gasteiger partial charge is 0.195 e. The van der Waals surface area contributed by atoms with Gasteiger partial charge in [0, 0.05) is 39.6 Å². The number of aromatic amines is 1. The Labute approximate surface area is 114 Å². The molecule has 0 bridgehead atoms. The summed E-state index contributed by atoms with van der Waals surface area (Å²) in [5.74, 6) is -0.640. The van der Waals surface area contributed by atoms with Crippen LogP contribution in [0.3, 0.4) is 0 Å². The second-order valence-corrected chi connectivity index (χ2v) is 4.61. The summed E-state index contributed by atoms with van der Waals surface area (Å²) in [6.07, 6.45) is 1.56. The maximum atomic E-state index is 13.3. The van der Waals surface area contributed by atoms with Crippen molar-refractivity contribution in [1.82, 2.24) is 4.98 Å². The summed E-state index contributed by atoms with van der Waals surface area (Å²) in [7, 11) is 0. The Kier molecular flexibility index (Phi) is 2.68. The molecule has 5 heteroatoms. The van der Waals surface area contributed by atoms with E-state index in [1.54, 1.807) is 30.5 Å². The molecule has 0 saturated carbocycles. The molecule has 0 fully saturated rings. The Bertz CT molecular complexity index is 803. The number of rotatable bonds is 2. The third-order valence-electron chi connectivity index (χ3n) is 3.13. The monoisotopic (exact) mass is 269 g/mol. The Morgan fingerprint density at radius 3 is 2.45 bits per heavy atom. The predicted molar refractivity (Wildman–Crippen MR) is 77.0 cm³/mol. The first-order valence-electron chi connectivity index (χ1n) is 6.02. The number of nitrogen functional groups attached to an aromatic ring is 2. The van der Waals surface area contributed by atoms with Gasteiger partial charge in [0.1, 0.15) is 5.82 Å². The Morgan fingerprint density at radius 2 is 1.75 bits per heavy atom. The first kappa shape index (κ1) is 12.2. The Morgan fingerprint density at radius 1 is 1.05 bits per heavy atom. The van der Waals surface area contributed by atoms with Gasteiger partial charge in [0.2, 0.25) is 0 Å². The highest BCUT2D eigenvalue weighted by atomic mass is 19.1. The molecular formula is C15H12FN3O. The van der Waals surface area contributed by atoms with Gasteiger partial charge in [-0.05, 0) is 36.4 Å². The van der Waals surface area contributed by atoms with Crippen LogP contribution < -0.4 is 11.5 Å². The molecule has 0 radical (unpaired) electrons. The molecule has 0 saturated heterocycles. The maximum Gasteiger partial charge on any atom is 0.195 e. The lowest BCUT2D eigenvalue weighted by molar-refractivity contribution is 0.104. The van der Waals surface area contributed by atoms with E-state index in [-0.39, 0.29) is 5.78 Å². The molecule has 3 aromatic rings. The van der Waals surface area contributed by atoms with Crippen molar-refractivity contribution in [3.8, 4) is 0 Å². The molecule has 100 valence electrons. The number of anilines is 2. The van der Waals surface area contributed by atoms with Crippen molar-refractivity contribution in [2.45, 2.75) is 0 Å². The number of nitrogens with one attached hydrogen (secondary N) is 1. The number of hydrogen-bond donors (Lipinski definition) is 3. The number of fused-ring (bicyclic) bond motifs is 1. The SMILES string of the molecule is Nc1cc(N)cc(C(=O)c2c[nH]c3ccc(F)cc23)c1. The van der Waals surface area contributed by atoms with Gasteiger partial charge in [0.05, 0.1) is 0 Å². The predicted octanol–water partition coefficient (Wildman–Crippen LogP) is 2.70. The number of hydrogen-bond acceptors (Lipinski definition) is 3. The van der Waals surface area contributed by atoms with Crippen molar-refractivity contribution in [3.63, 3.8) is 0 Å². The van der Waals surface area contributed by atoms with Gasteiger partial charge in [-0.2, -0.15) is 0 Å². The molecule has 0 aliphatic heterocycles. The van der Waals surface area contributed by atoms with Crippen LogP contribution in [0.25, 0.3) is 10.9 Å². The minimum absolute atomic E-state index is 0.249. The highest BCUT2D eigenvalue weighted by Gasteiger charge is 2.15. The van der Waals surface area contributed by atoms with Crippen molar-refractivity contribution in [2.75, 3.05) is 11.5 Å². The fourth-order valence-electron chi connectivity index (χ4n) is 2.24. The zero-order chi connectivity index (χ0) is 14.3. The molecule has 5 N–H and O–H groups in total. The number of carbonyl (C=O) groups excluding carboxylic acids is 1. The summed E-state index contributed by atoms with van der Waals surface area (Å²) in [4.78, 5) is 15.4. The van der Waals surface area contributed by atoms with Gasteiger partial charge < -0.3 is 16.5 Å². The molecule has 1 aromatic heterocycles.